The van der Waals surface area contributed by atoms with E-state index in [0.29, 0.717) is 0 Å². The molecule has 0 aliphatic rings. The molecule has 0 saturated carbocycles. The number of rotatable bonds is 4. The number of carbonyl (C=O) groups is 1. The molecule has 0 bridgehead atoms. The third-order valence-electron chi connectivity index (χ3n) is 3.87. The van der Waals surface area contributed by atoms with Crippen LogP contribution in [0.1, 0.15) is 25.5 Å². The van der Waals surface area contributed by atoms with Crippen LogP contribution in [0.2, 0.25) is 0 Å². The molecule has 0 aliphatic heterocycles. The SMILES string of the molecule is COC(=O)C(C)(C)[C@H](N)c1ccc(-c2ccccc2)cc1. The van der Waals surface area contributed by atoms with Crippen molar-refractivity contribution in [2.24, 2.45) is 11.1 Å². The minimum absolute atomic E-state index is 0.304. The third-order valence-corrected chi connectivity index (χ3v) is 3.87. The number of hydrogen-bond donors (Lipinski definition) is 1. The van der Waals surface area contributed by atoms with E-state index < -0.39 is 11.5 Å². The van der Waals surface area contributed by atoms with Crippen molar-refractivity contribution in [2.75, 3.05) is 7.11 Å². The first kappa shape index (κ1) is 15.3. The van der Waals surface area contributed by atoms with Crippen molar-refractivity contribution in [1.82, 2.24) is 0 Å². The van der Waals surface area contributed by atoms with Gasteiger partial charge in [0, 0.05) is 6.04 Å². The average molecular weight is 283 g/mol. The normalized spacial score (nSPS) is 12.8. The summed E-state index contributed by atoms with van der Waals surface area (Å²) in [7, 11) is 1.38. The number of ether oxygens (including phenoxy) is 1. The fraction of sp³-hybridized carbons (Fsp3) is 0.278. The molecule has 1 atom stereocenters. The van der Waals surface area contributed by atoms with Crippen LogP contribution >= 0.6 is 0 Å². The van der Waals surface area contributed by atoms with Crippen LogP contribution in [0.3, 0.4) is 0 Å². The standard InChI is InChI=1S/C18H21NO2/c1-18(2,17(20)21-3)16(19)15-11-9-14(10-12-15)13-7-5-4-6-8-13/h4-12,16H,19H2,1-3H3/t16-/m1/s1. The van der Waals surface area contributed by atoms with Crippen LogP contribution < -0.4 is 5.73 Å². The smallest absolute Gasteiger partial charge is 0.313 e. The van der Waals surface area contributed by atoms with Gasteiger partial charge in [-0.15, -0.1) is 0 Å². The Labute approximate surface area is 125 Å². The molecule has 2 aromatic carbocycles. The Morgan fingerprint density at radius 1 is 1.00 bits per heavy atom. The molecule has 2 aromatic rings. The van der Waals surface area contributed by atoms with Gasteiger partial charge in [-0.1, -0.05) is 54.6 Å². The Morgan fingerprint density at radius 3 is 2.05 bits per heavy atom. The lowest BCUT2D eigenvalue weighted by atomic mass is 9.81. The Kier molecular flexibility index (Phi) is 4.43. The van der Waals surface area contributed by atoms with Crippen LogP contribution in [0.25, 0.3) is 11.1 Å². The summed E-state index contributed by atoms with van der Waals surface area (Å²) in [6.07, 6.45) is 0. The maximum Gasteiger partial charge on any atom is 0.313 e. The van der Waals surface area contributed by atoms with E-state index in [-0.39, 0.29) is 5.97 Å². The van der Waals surface area contributed by atoms with Gasteiger partial charge in [0.05, 0.1) is 12.5 Å². The molecule has 0 heterocycles. The summed E-state index contributed by atoms with van der Waals surface area (Å²) >= 11 is 0. The molecule has 3 nitrogen and oxygen atoms in total. The van der Waals surface area contributed by atoms with E-state index in [1.54, 1.807) is 13.8 Å². The molecule has 2 N–H and O–H groups in total. The Balaban J connectivity index is 2.25. The fourth-order valence-corrected chi connectivity index (χ4v) is 2.32. The van der Waals surface area contributed by atoms with E-state index in [2.05, 4.69) is 12.1 Å². The predicted octanol–water partition coefficient (Wildman–Crippen LogP) is 3.55. The molecule has 0 spiro atoms. The molecule has 21 heavy (non-hydrogen) atoms. The number of carbonyl (C=O) groups excluding carboxylic acids is 1. The lowest BCUT2D eigenvalue weighted by Gasteiger charge is -2.29. The molecule has 2 rings (SSSR count). The minimum Gasteiger partial charge on any atom is -0.469 e. The maximum atomic E-state index is 11.8. The first-order chi connectivity index (χ1) is 9.96. The molecular weight excluding hydrogens is 262 g/mol. The zero-order valence-corrected chi connectivity index (χ0v) is 12.7. The summed E-state index contributed by atoms with van der Waals surface area (Å²) in [5.74, 6) is -0.304. The van der Waals surface area contributed by atoms with Crippen molar-refractivity contribution in [1.29, 1.82) is 0 Å². The number of benzene rings is 2. The van der Waals surface area contributed by atoms with E-state index in [0.717, 1.165) is 16.7 Å². The lowest BCUT2D eigenvalue weighted by Crippen LogP contribution is -2.37. The van der Waals surface area contributed by atoms with Gasteiger partial charge in [-0.3, -0.25) is 4.79 Å². The number of nitrogens with two attached hydrogens (primary N) is 1. The first-order valence-electron chi connectivity index (χ1n) is 6.96. The monoisotopic (exact) mass is 283 g/mol. The van der Waals surface area contributed by atoms with Crippen molar-refractivity contribution >= 4 is 5.97 Å². The van der Waals surface area contributed by atoms with Crippen LogP contribution in [0.15, 0.2) is 54.6 Å². The van der Waals surface area contributed by atoms with Gasteiger partial charge >= 0.3 is 5.97 Å². The summed E-state index contributed by atoms with van der Waals surface area (Å²) in [4.78, 5) is 11.8. The topological polar surface area (TPSA) is 52.3 Å². The fourth-order valence-electron chi connectivity index (χ4n) is 2.32. The molecule has 3 heteroatoms. The quantitative estimate of drug-likeness (QED) is 0.873. The highest BCUT2D eigenvalue weighted by Crippen LogP contribution is 2.33. The van der Waals surface area contributed by atoms with Crippen LogP contribution in [0.4, 0.5) is 0 Å². The van der Waals surface area contributed by atoms with Gasteiger partial charge in [0.1, 0.15) is 0 Å². The molecular formula is C18H21NO2. The van der Waals surface area contributed by atoms with Crippen molar-refractivity contribution in [2.45, 2.75) is 19.9 Å². The van der Waals surface area contributed by atoms with E-state index >= 15 is 0 Å². The Morgan fingerprint density at radius 2 is 1.52 bits per heavy atom. The number of hydrogen-bond acceptors (Lipinski definition) is 3. The number of esters is 1. The molecule has 0 unspecified atom stereocenters. The second-order valence-corrected chi connectivity index (χ2v) is 5.68. The molecule has 0 fully saturated rings. The zero-order chi connectivity index (χ0) is 15.5. The molecule has 0 amide bonds. The maximum absolute atomic E-state index is 11.8. The van der Waals surface area contributed by atoms with Crippen molar-refractivity contribution < 1.29 is 9.53 Å². The van der Waals surface area contributed by atoms with Crippen molar-refractivity contribution in [3.63, 3.8) is 0 Å². The van der Waals surface area contributed by atoms with Gasteiger partial charge in [-0.05, 0) is 30.5 Å². The average Bonchev–Trinajstić information content (AvgIpc) is 2.54. The zero-order valence-electron chi connectivity index (χ0n) is 12.7. The summed E-state index contributed by atoms with van der Waals surface area (Å²) in [5, 5.41) is 0. The summed E-state index contributed by atoms with van der Waals surface area (Å²) < 4.78 is 4.83. The van der Waals surface area contributed by atoms with Crippen LogP contribution in [-0.4, -0.2) is 13.1 Å². The third kappa shape index (κ3) is 3.14. The van der Waals surface area contributed by atoms with Crippen molar-refractivity contribution in [3.05, 3.63) is 60.2 Å². The molecule has 0 aromatic heterocycles. The van der Waals surface area contributed by atoms with E-state index in [1.165, 1.54) is 7.11 Å². The van der Waals surface area contributed by atoms with Gasteiger partial charge in [0.15, 0.2) is 0 Å². The number of methoxy groups -OCH3 is 1. The van der Waals surface area contributed by atoms with Crippen molar-refractivity contribution in [3.8, 4) is 11.1 Å². The highest BCUT2D eigenvalue weighted by atomic mass is 16.5. The first-order valence-corrected chi connectivity index (χ1v) is 6.96. The van der Waals surface area contributed by atoms with Gasteiger partial charge < -0.3 is 10.5 Å². The summed E-state index contributed by atoms with van der Waals surface area (Å²) in [6, 6.07) is 17.7. The Hall–Kier alpha value is -2.13. The minimum atomic E-state index is -0.761. The Bertz CT molecular complexity index is 603. The highest BCUT2D eigenvalue weighted by molar-refractivity contribution is 5.77. The molecule has 0 radical (unpaired) electrons. The summed E-state index contributed by atoms with van der Waals surface area (Å²) in [6.45, 7) is 3.60. The van der Waals surface area contributed by atoms with E-state index in [9.17, 15) is 4.79 Å². The molecule has 0 aliphatic carbocycles. The van der Waals surface area contributed by atoms with Gasteiger partial charge in [-0.2, -0.15) is 0 Å². The summed E-state index contributed by atoms with van der Waals surface area (Å²) in [5.41, 5.74) is 8.68. The van der Waals surface area contributed by atoms with E-state index in [1.807, 2.05) is 42.5 Å². The largest absolute Gasteiger partial charge is 0.469 e. The predicted molar refractivity (Wildman–Crippen MR) is 84.6 cm³/mol. The molecule has 110 valence electrons. The van der Waals surface area contributed by atoms with Crippen LogP contribution in [-0.2, 0) is 9.53 Å². The highest BCUT2D eigenvalue weighted by Gasteiger charge is 2.36. The second kappa shape index (κ2) is 6.10. The molecule has 0 saturated heterocycles. The van der Waals surface area contributed by atoms with Crippen LogP contribution in [0, 0.1) is 5.41 Å². The van der Waals surface area contributed by atoms with E-state index in [4.69, 9.17) is 10.5 Å². The van der Waals surface area contributed by atoms with Gasteiger partial charge in [-0.25, -0.2) is 0 Å². The lowest BCUT2D eigenvalue weighted by molar-refractivity contribution is -0.152. The van der Waals surface area contributed by atoms with Gasteiger partial charge in [0.25, 0.3) is 0 Å². The second-order valence-electron chi connectivity index (χ2n) is 5.68. The van der Waals surface area contributed by atoms with Gasteiger partial charge in [0.2, 0.25) is 0 Å². The van der Waals surface area contributed by atoms with Crippen LogP contribution in [0.5, 0.6) is 0 Å².